The summed E-state index contributed by atoms with van der Waals surface area (Å²) in [5.74, 6) is 5.09. The lowest BCUT2D eigenvalue weighted by molar-refractivity contribution is -0.149. The number of rotatable bonds is 6. The molecule has 32 heavy (non-hydrogen) atoms. The van der Waals surface area contributed by atoms with Crippen LogP contribution in [0.5, 0.6) is 0 Å². The highest BCUT2D eigenvalue weighted by Gasteiger charge is 2.67. The first-order valence-corrected chi connectivity index (χ1v) is 14.5. The fourth-order valence-corrected chi connectivity index (χ4v) is 10.4. The van der Waals surface area contributed by atoms with Gasteiger partial charge in [0, 0.05) is 23.4 Å². The lowest BCUT2D eigenvalue weighted by atomic mass is 9.69. The normalized spacial score (nSPS) is 33.1. The summed E-state index contributed by atoms with van der Waals surface area (Å²) in [7, 11) is -3.49. The van der Waals surface area contributed by atoms with E-state index in [4.69, 9.17) is 4.74 Å². The van der Waals surface area contributed by atoms with E-state index in [1.54, 1.807) is 6.92 Å². The Morgan fingerprint density at radius 3 is 2.03 bits per heavy atom. The molecule has 0 radical (unpaired) electrons. The molecule has 4 aliphatic rings. The van der Waals surface area contributed by atoms with Gasteiger partial charge in [-0.2, -0.15) is 4.31 Å². The number of carbonyl (C=O) groups excluding carboxylic acids is 1. The second kappa shape index (κ2) is 9.29. The van der Waals surface area contributed by atoms with Gasteiger partial charge in [-0.15, -0.1) is 0 Å². The van der Waals surface area contributed by atoms with Crippen molar-refractivity contribution in [2.45, 2.75) is 122 Å². The van der Waals surface area contributed by atoms with Gasteiger partial charge in [-0.3, -0.25) is 0 Å². The molecule has 4 fully saturated rings. The van der Waals surface area contributed by atoms with Crippen LogP contribution in [0.4, 0.5) is 0 Å². The van der Waals surface area contributed by atoms with Crippen molar-refractivity contribution < 1.29 is 17.9 Å². The highest BCUT2D eigenvalue weighted by molar-refractivity contribution is 7.89. The summed E-state index contributed by atoms with van der Waals surface area (Å²) in [4.78, 5) is 12.3. The Labute approximate surface area is 195 Å². The molecule has 2 bridgehead atoms. The molecule has 0 aromatic heterocycles. The first kappa shape index (κ1) is 24.1. The van der Waals surface area contributed by atoms with Crippen LogP contribution in [0.25, 0.3) is 0 Å². The van der Waals surface area contributed by atoms with Crippen LogP contribution < -0.4 is 0 Å². The number of ether oxygens (including phenoxy) is 1. The average Bonchev–Trinajstić information content (AvgIpc) is 3.10. The molecule has 0 saturated heterocycles. The molecule has 4 saturated carbocycles. The van der Waals surface area contributed by atoms with Crippen LogP contribution in [0.15, 0.2) is 0 Å². The fraction of sp³-hybridized carbons (Fsp3) is 0.885. The summed E-state index contributed by atoms with van der Waals surface area (Å²) in [6, 6.07) is 0.281. The van der Waals surface area contributed by atoms with Crippen molar-refractivity contribution in [1.82, 2.24) is 4.31 Å². The maximum Gasteiger partial charge on any atom is 0.384 e. The van der Waals surface area contributed by atoms with Crippen molar-refractivity contribution in [2.24, 2.45) is 16.7 Å². The highest BCUT2D eigenvalue weighted by Crippen LogP contribution is 2.67. The lowest BCUT2D eigenvalue weighted by Gasteiger charge is -2.46. The predicted octanol–water partition coefficient (Wildman–Crippen LogP) is 5.05. The average molecular weight is 464 g/mol. The number of nitrogens with zero attached hydrogens (tertiary/aromatic N) is 1. The van der Waals surface area contributed by atoms with E-state index in [1.807, 2.05) is 4.31 Å². The van der Waals surface area contributed by atoms with Gasteiger partial charge in [0.1, 0.15) is 6.10 Å². The molecule has 0 aliphatic heterocycles. The lowest BCUT2D eigenvalue weighted by Crippen LogP contribution is -2.54. The van der Waals surface area contributed by atoms with Crippen LogP contribution >= 0.6 is 0 Å². The molecule has 4 rings (SSSR count). The van der Waals surface area contributed by atoms with E-state index in [0.717, 1.165) is 70.6 Å². The van der Waals surface area contributed by atoms with Crippen LogP contribution in [0, 0.1) is 28.6 Å². The van der Waals surface area contributed by atoms with E-state index in [0.29, 0.717) is 5.92 Å². The summed E-state index contributed by atoms with van der Waals surface area (Å²) < 4.78 is 36.4. The predicted molar refractivity (Wildman–Crippen MR) is 126 cm³/mol. The Bertz CT molecular complexity index is 840. The van der Waals surface area contributed by atoms with Crippen LogP contribution in [0.1, 0.15) is 104 Å². The molecule has 0 heterocycles. The Morgan fingerprint density at radius 2 is 1.53 bits per heavy atom. The number of fused-ring (bicyclic) bond motifs is 2. The van der Waals surface area contributed by atoms with E-state index in [-0.39, 0.29) is 29.4 Å². The molecule has 0 unspecified atom stereocenters. The second-order valence-electron chi connectivity index (χ2n) is 11.3. The maximum atomic E-state index is 14.3. The summed E-state index contributed by atoms with van der Waals surface area (Å²) in [6.45, 7) is 6.02. The topological polar surface area (TPSA) is 63.7 Å². The Morgan fingerprint density at radius 1 is 0.969 bits per heavy atom. The van der Waals surface area contributed by atoms with E-state index in [1.165, 1.54) is 12.8 Å². The molecule has 180 valence electrons. The molecule has 0 amide bonds. The van der Waals surface area contributed by atoms with Crippen molar-refractivity contribution >= 4 is 16.0 Å². The molecular weight excluding hydrogens is 422 g/mol. The van der Waals surface area contributed by atoms with Crippen LogP contribution in [0.3, 0.4) is 0 Å². The van der Waals surface area contributed by atoms with Crippen LogP contribution in [-0.4, -0.2) is 42.6 Å². The van der Waals surface area contributed by atoms with Crippen LogP contribution in [0.2, 0.25) is 0 Å². The van der Waals surface area contributed by atoms with Gasteiger partial charge >= 0.3 is 5.97 Å². The van der Waals surface area contributed by atoms with E-state index < -0.39 is 21.4 Å². The third-order valence-electron chi connectivity index (χ3n) is 9.46. The number of sulfonamides is 1. The summed E-state index contributed by atoms with van der Waals surface area (Å²) in [5.41, 5.74) is -0.696. The zero-order valence-corrected chi connectivity index (χ0v) is 21.0. The molecule has 0 aromatic carbocycles. The van der Waals surface area contributed by atoms with E-state index in [2.05, 4.69) is 25.7 Å². The van der Waals surface area contributed by atoms with Crippen LogP contribution in [-0.2, 0) is 19.6 Å². The molecule has 5 nitrogen and oxygen atoms in total. The van der Waals surface area contributed by atoms with Crippen molar-refractivity contribution in [3.05, 3.63) is 0 Å². The summed E-state index contributed by atoms with van der Waals surface area (Å²) in [5, 5.41) is 0. The Balaban J connectivity index is 1.65. The molecule has 6 heteroatoms. The van der Waals surface area contributed by atoms with E-state index >= 15 is 0 Å². The van der Waals surface area contributed by atoms with Crippen molar-refractivity contribution in [1.29, 1.82) is 0 Å². The molecular formula is C26H41NO4S. The van der Waals surface area contributed by atoms with Gasteiger partial charge < -0.3 is 4.74 Å². The Kier molecular flexibility index (Phi) is 6.99. The SMILES string of the molecule is CC#CC(=O)O[C@H]1C[C@@H]2CC[C@@]1(CS(=O)(=O)N(C1CCCCC1)C1CCCCC1)C2(C)C. The monoisotopic (exact) mass is 463 g/mol. The van der Waals surface area contributed by atoms with Gasteiger partial charge in [-0.05, 0) is 63.2 Å². The quantitative estimate of drug-likeness (QED) is 0.314. The first-order valence-electron chi connectivity index (χ1n) is 12.9. The summed E-state index contributed by atoms with van der Waals surface area (Å²) >= 11 is 0. The minimum Gasteiger partial charge on any atom is -0.452 e. The van der Waals surface area contributed by atoms with E-state index in [9.17, 15) is 13.2 Å². The smallest absolute Gasteiger partial charge is 0.384 e. The number of esters is 1. The van der Waals surface area contributed by atoms with Gasteiger partial charge in [-0.1, -0.05) is 58.3 Å². The number of hydrogen-bond donors (Lipinski definition) is 0. The first-order chi connectivity index (χ1) is 15.2. The van der Waals surface area contributed by atoms with Crippen molar-refractivity contribution in [3.8, 4) is 11.8 Å². The van der Waals surface area contributed by atoms with Gasteiger partial charge in [0.15, 0.2) is 0 Å². The zero-order chi connectivity index (χ0) is 23.0. The third-order valence-corrected chi connectivity index (χ3v) is 11.6. The minimum atomic E-state index is -3.49. The molecule has 0 spiro atoms. The van der Waals surface area contributed by atoms with Gasteiger partial charge in [0.2, 0.25) is 10.0 Å². The second-order valence-corrected chi connectivity index (χ2v) is 13.2. The fourth-order valence-electron chi connectivity index (χ4n) is 7.59. The zero-order valence-electron chi connectivity index (χ0n) is 20.2. The maximum absolute atomic E-state index is 14.3. The molecule has 3 atom stereocenters. The van der Waals surface area contributed by atoms with Gasteiger partial charge in [0.05, 0.1) is 5.75 Å². The summed E-state index contributed by atoms with van der Waals surface area (Å²) in [6.07, 6.45) is 13.1. The third kappa shape index (κ3) is 4.25. The number of carbonyl (C=O) groups is 1. The molecule has 0 aromatic rings. The standard InChI is InChI=1S/C26H41NO4S/c1-4-11-24(28)31-23-18-20-16-17-26(23,25(20,2)3)19-32(29,30)27(21-12-7-5-8-13-21)22-14-9-6-10-15-22/h20-23H,5-10,12-19H2,1-3H3/t20-,23-,26-/m0/s1. The highest BCUT2D eigenvalue weighted by atomic mass is 32.2. The van der Waals surface area contributed by atoms with Gasteiger partial charge in [0.25, 0.3) is 0 Å². The Hall–Kier alpha value is -1.06. The van der Waals surface area contributed by atoms with Crippen molar-refractivity contribution in [2.75, 3.05) is 5.75 Å². The number of hydrogen-bond acceptors (Lipinski definition) is 4. The van der Waals surface area contributed by atoms with Gasteiger partial charge in [-0.25, -0.2) is 13.2 Å². The molecule has 4 aliphatic carbocycles. The minimum absolute atomic E-state index is 0.105. The van der Waals surface area contributed by atoms with Crippen molar-refractivity contribution in [3.63, 3.8) is 0 Å². The molecule has 0 N–H and O–H groups in total. The largest absolute Gasteiger partial charge is 0.452 e.